The summed E-state index contributed by atoms with van der Waals surface area (Å²) in [7, 11) is 0. The summed E-state index contributed by atoms with van der Waals surface area (Å²) in [5.41, 5.74) is 0.423. The molecule has 0 amide bonds. The number of hydrogen-bond donors (Lipinski definition) is 2. The lowest BCUT2D eigenvalue weighted by Crippen LogP contribution is -2.49. The van der Waals surface area contributed by atoms with E-state index in [1.165, 1.54) is 24.4 Å². The van der Waals surface area contributed by atoms with E-state index in [4.69, 9.17) is 0 Å². The normalized spacial score (nSPS) is 21.5. The zero-order valence-electron chi connectivity index (χ0n) is 14.2. The summed E-state index contributed by atoms with van der Waals surface area (Å²) < 4.78 is 27.7. The zero-order chi connectivity index (χ0) is 18.9. The third-order valence-electron chi connectivity index (χ3n) is 4.70. The van der Waals surface area contributed by atoms with Gasteiger partial charge in [0.2, 0.25) is 5.95 Å². The largest absolute Gasteiger partial charge is 0.353 e. The smallest absolute Gasteiger partial charge is 0.264 e. The second-order valence-corrected chi connectivity index (χ2v) is 6.58. The molecule has 3 aromatic rings. The third kappa shape index (κ3) is 3.40. The first-order valence-electron chi connectivity index (χ1n) is 8.43. The van der Waals surface area contributed by atoms with Gasteiger partial charge in [0.05, 0.1) is 11.4 Å². The summed E-state index contributed by atoms with van der Waals surface area (Å²) in [5, 5.41) is 9.31. The average molecular weight is 370 g/mol. The molecule has 0 aliphatic heterocycles. The van der Waals surface area contributed by atoms with Crippen LogP contribution in [0.3, 0.4) is 0 Å². The lowest BCUT2D eigenvalue weighted by atomic mass is 9.65. The Morgan fingerprint density at radius 3 is 2.59 bits per heavy atom. The minimum Gasteiger partial charge on any atom is -0.353 e. The van der Waals surface area contributed by atoms with Crippen LogP contribution in [0.2, 0.25) is 0 Å². The van der Waals surface area contributed by atoms with Gasteiger partial charge in [-0.05, 0) is 31.0 Å². The molecule has 0 spiro atoms. The van der Waals surface area contributed by atoms with Gasteiger partial charge in [0.15, 0.2) is 0 Å². The van der Waals surface area contributed by atoms with Crippen LogP contribution in [0.15, 0.2) is 47.7 Å². The van der Waals surface area contributed by atoms with Gasteiger partial charge in [-0.1, -0.05) is 0 Å². The minimum atomic E-state index is -0.970. The van der Waals surface area contributed by atoms with Crippen molar-refractivity contribution in [2.75, 3.05) is 11.9 Å². The molecule has 1 saturated carbocycles. The highest BCUT2D eigenvalue weighted by atomic mass is 19.1. The van der Waals surface area contributed by atoms with Crippen LogP contribution in [0, 0.1) is 5.82 Å². The van der Waals surface area contributed by atoms with Crippen molar-refractivity contribution in [3.8, 4) is 11.3 Å². The summed E-state index contributed by atoms with van der Waals surface area (Å²) in [5.74, 6) is -0.104. The van der Waals surface area contributed by atoms with Gasteiger partial charge in [-0.3, -0.25) is 9.78 Å². The number of H-pyrrole nitrogens is 1. The van der Waals surface area contributed by atoms with Gasteiger partial charge >= 0.3 is 0 Å². The molecule has 0 bridgehead atoms. The number of aromatic amines is 1. The molecule has 0 saturated heterocycles. The van der Waals surface area contributed by atoms with Crippen LogP contribution in [0.4, 0.5) is 14.7 Å². The number of aromatic nitrogens is 5. The maximum absolute atomic E-state index is 14.2. The lowest BCUT2D eigenvalue weighted by molar-refractivity contribution is 0.0963. The molecule has 0 aromatic carbocycles. The van der Waals surface area contributed by atoms with E-state index in [9.17, 15) is 13.6 Å². The molecule has 1 aliphatic rings. The zero-order valence-corrected chi connectivity index (χ0v) is 14.2. The Labute approximate surface area is 152 Å². The van der Waals surface area contributed by atoms with Crippen molar-refractivity contribution in [1.29, 1.82) is 0 Å². The van der Waals surface area contributed by atoms with Gasteiger partial charge in [-0.15, -0.1) is 0 Å². The highest BCUT2D eigenvalue weighted by molar-refractivity contribution is 5.56. The maximum Gasteiger partial charge on any atom is 0.264 e. The van der Waals surface area contributed by atoms with Crippen molar-refractivity contribution < 1.29 is 8.78 Å². The first-order chi connectivity index (χ1) is 13.1. The van der Waals surface area contributed by atoms with E-state index >= 15 is 0 Å². The number of anilines is 1. The average Bonchev–Trinajstić information content (AvgIpc) is 2.66. The Bertz CT molecular complexity index is 981. The van der Waals surface area contributed by atoms with Gasteiger partial charge in [-0.25, -0.2) is 23.8 Å². The molecule has 9 heteroatoms. The number of halogens is 2. The second kappa shape index (κ2) is 6.82. The van der Waals surface area contributed by atoms with E-state index in [0.29, 0.717) is 17.2 Å². The van der Waals surface area contributed by atoms with E-state index in [1.807, 2.05) is 0 Å². The van der Waals surface area contributed by atoms with Gasteiger partial charge in [0.1, 0.15) is 12.0 Å². The highest BCUT2D eigenvalue weighted by Crippen LogP contribution is 2.45. The van der Waals surface area contributed by atoms with E-state index < -0.39 is 17.4 Å². The number of nitrogens with one attached hydrogen (secondary N) is 2. The van der Waals surface area contributed by atoms with Crippen LogP contribution in [-0.4, -0.2) is 37.9 Å². The third-order valence-corrected chi connectivity index (χ3v) is 4.70. The van der Waals surface area contributed by atoms with Gasteiger partial charge < -0.3 is 5.32 Å². The van der Waals surface area contributed by atoms with E-state index in [0.717, 1.165) is 0 Å². The fraction of sp³-hybridized carbons (Fsp3) is 0.278. The Kier molecular flexibility index (Phi) is 4.35. The van der Waals surface area contributed by atoms with Crippen molar-refractivity contribution in [3.63, 3.8) is 0 Å². The van der Waals surface area contributed by atoms with E-state index in [2.05, 4.69) is 30.5 Å². The van der Waals surface area contributed by atoms with Crippen molar-refractivity contribution >= 4 is 5.95 Å². The molecule has 0 radical (unpaired) electrons. The summed E-state index contributed by atoms with van der Waals surface area (Å²) >= 11 is 0. The van der Waals surface area contributed by atoms with Crippen LogP contribution in [0.1, 0.15) is 18.5 Å². The minimum absolute atomic E-state index is 0.202. The fourth-order valence-corrected chi connectivity index (χ4v) is 3.29. The molecule has 1 fully saturated rings. The molecular formula is C18H16F2N6O. The number of hydrogen-bond acceptors (Lipinski definition) is 6. The van der Waals surface area contributed by atoms with Gasteiger partial charge in [0.25, 0.3) is 5.56 Å². The first-order valence-corrected chi connectivity index (χ1v) is 8.43. The Balaban J connectivity index is 1.49. The molecule has 2 N–H and O–H groups in total. The predicted octanol–water partition coefficient (Wildman–Crippen LogP) is 2.24. The Morgan fingerprint density at radius 1 is 1.19 bits per heavy atom. The highest BCUT2D eigenvalue weighted by Gasteiger charge is 2.48. The molecule has 0 atom stereocenters. The number of nitrogens with zero attached hydrogens (tertiary/aromatic N) is 4. The molecule has 138 valence electrons. The quantitative estimate of drug-likeness (QED) is 0.715. The van der Waals surface area contributed by atoms with Crippen molar-refractivity contribution in [3.05, 3.63) is 64.7 Å². The SMILES string of the molecule is O=c1ccc(-c2cnc(NCC3(c4ncccc4F)CC(F)C3)nc2)n[nH]1. The number of pyridine rings is 1. The van der Waals surface area contributed by atoms with Crippen LogP contribution < -0.4 is 10.9 Å². The fourth-order valence-electron chi connectivity index (χ4n) is 3.29. The first kappa shape index (κ1) is 17.2. The molecule has 3 aromatic heterocycles. The summed E-state index contributed by atoms with van der Waals surface area (Å²) in [6.07, 6.45) is 4.06. The van der Waals surface area contributed by atoms with Crippen LogP contribution in [-0.2, 0) is 5.41 Å². The van der Waals surface area contributed by atoms with Crippen molar-refractivity contribution in [2.45, 2.75) is 24.4 Å². The monoisotopic (exact) mass is 370 g/mol. The number of rotatable bonds is 5. The lowest BCUT2D eigenvalue weighted by Gasteiger charge is -2.43. The predicted molar refractivity (Wildman–Crippen MR) is 94.4 cm³/mol. The van der Waals surface area contributed by atoms with Gasteiger partial charge in [-0.2, -0.15) is 5.10 Å². The molecule has 27 heavy (non-hydrogen) atoms. The van der Waals surface area contributed by atoms with Gasteiger partial charge in [0, 0.05) is 42.2 Å². The Morgan fingerprint density at radius 2 is 1.96 bits per heavy atom. The Hall–Kier alpha value is -3.23. The van der Waals surface area contributed by atoms with Crippen LogP contribution in [0.5, 0.6) is 0 Å². The van der Waals surface area contributed by atoms with Crippen LogP contribution >= 0.6 is 0 Å². The molecular weight excluding hydrogens is 354 g/mol. The summed E-state index contributed by atoms with van der Waals surface area (Å²) in [6.45, 7) is 0.275. The van der Waals surface area contributed by atoms with Crippen LogP contribution in [0.25, 0.3) is 11.3 Å². The molecule has 1 aliphatic carbocycles. The van der Waals surface area contributed by atoms with E-state index in [-0.39, 0.29) is 30.6 Å². The molecule has 3 heterocycles. The summed E-state index contributed by atoms with van der Waals surface area (Å²) in [4.78, 5) is 23.6. The molecule has 4 rings (SSSR count). The molecule has 7 nitrogen and oxygen atoms in total. The van der Waals surface area contributed by atoms with Crippen molar-refractivity contribution in [2.24, 2.45) is 0 Å². The topological polar surface area (TPSA) is 96.5 Å². The standard InChI is InChI=1S/C18H16F2N6O/c19-12-6-18(7-12,16-13(20)2-1-5-21-16)10-24-17-22-8-11(9-23-17)14-3-4-15(27)26-25-14/h1-5,8-9,12H,6-7,10H2,(H,26,27)(H,22,23,24). The van der Waals surface area contributed by atoms with Crippen molar-refractivity contribution in [1.82, 2.24) is 25.1 Å². The summed E-state index contributed by atoms with van der Waals surface area (Å²) in [6, 6.07) is 5.78. The van der Waals surface area contributed by atoms with E-state index in [1.54, 1.807) is 18.5 Å². The molecule has 0 unspecified atom stereocenters. The number of alkyl halides is 1. The maximum atomic E-state index is 14.2. The second-order valence-electron chi connectivity index (χ2n) is 6.58.